The molecule has 18 heavy (non-hydrogen) atoms. The Kier molecular flexibility index (Phi) is 4.70. The van der Waals surface area contributed by atoms with Gasteiger partial charge in [0.05, 0.1) is 0 Å². The van der Waals surface area contributed by atoms with Gasteiger partial charge in [-0.3, -0.25) is 0 Å². The van der Waals surface area contributed by atoms with Crippen LogP contribution < -0.4 is 5.32 Å². The van der Waals surface area contributed by atoms with Crippen molar-refractivity contribution in [1.29, 1.82) is 0 Å². The Labute approximate surface area is 125 Å². The molecule has 1 nitrogen and oxygen atoms in total. The molecular weight excluding hydrogens is 333 g/mol. The molecule has 100 valence electrons. The number of rotatable bonds is 5. The van der Waals surface area contributed by atoms with Crippen LogP contribution >= 0.6 is 22.6 Å². The third-order valence-electron chi connectivity index (χ3n) is 4.91. The third-order valence-corrected chi connectivity index (χ3v) is 5.89. The normalized spacial score (nSPS) is 25.8. The van der Waals surface area contributed by atoms with E-state index in [2.05, 4.69) is 72.9 Å². The van der Waals surface area contributed by atoms with Gasteiger partial charge in [0.2, 0.25) is 0 Å². The lowest BCUT2D eigenvalue weighted by atomic mass is 9.52. The lowest BCUT2D eigenvalue weighted by Gasteiger charge is -2.57. The van der Waals surface area contributed by atoms with Crippen LogP contribution in [0, 0.1) is 8.99 Å². The monoisotopic (exact) mass is 357 g/mol. The van der Waals surface area contributed by atoms with E-state index >= 15 is 0 Å². The largest absolute Gasteiger partial charge is 0.314 e. The fourth-order valence-electron chi connectivity index (χ4n) is 3.75. The molecule has 2 unspecified atom stereocenters. The Bertz CT molecular complexity index is 398. The first kappa shape index (κ1) is 14.3. The SMILES string of the molecule is CCNC1CC(c2ccccc2I)C1(CC)CC. The topological polar surface area (TPSA) is 12.0 Å². The fraction of sp³-hybridized carbons (Fsp3) is 0.625. The summed E-state index contributed by atoms with van der Waals surface area (Å²) in [6, 6.07) is 9.61. The molecule has 0 aromatic heterocycles. The van der Waals surface area contributed by atoms with Gasteiger partial charge in [0.25, 0.3) is 0 Å². The van der Waals surface area contributed by atoms with E-state index in [1.165, 1.54) is 22.8 Å². The Balaban J connectivity index is 2.28. The molecule has 1 saturated carbocycles. The highest BCUT2D eigenvalue weighted by atomic mass is 127. The van der Waals surface area contributed by atoms with E-state index in [1.54, 1.807) is 5.56 Å². The molecule has 1 aliphatic carbocycles. The molecule has 0 bridgehead atoms. The summed E-state index contributed by atoms with van der Waals surface area (Å²) in [7, 11) is 0. The van der Waals surface area contributed by atoms with Gasteiger partial charge in [-0.25, -0.2) is 0 Å². The molecule has 0 saturated heterocycles. The summed E-state index contributed by atoms with van der Waals surface area (Å²) >= 11 is 2.49. The van der Waals surface area contributed by atoms with E-state index in [4.69, 9.17) is 0 Å². The van der Waals surface area contributed by atoms with Crippen LogP contribution in [-0.4, -0.2) is 12.6 Å². The summed E-state index contributed by atoms with van der Waals surface area (Å²) in [4.78, 5) is 0. The van der Waals surface area contributed by atoms with Gasteiger partial charge in [-0.05, 0) is 71.4 Å². The smallest absolute Gasteiger partial charge is 0.0165 e. The van der Waals surface area contributed by atoms with Crippen LogP contribution in [0.1, 0.15) is 51.5 Å². The van der Waals surface area contributed by atoms with Crippen LogP contribution in [0.15, 0.2) is 24.3 Å². The Morgan fingerprint density at radius 1 is 1.22 bits per heavy atom. The van der Waals surface area contributed by atoms with Crippen LogP contribution in [0.2, 0.25) is 0 Å². The molecular formula is C16H24IN. The van der Waals surface area contributed by atoms with E-state index in [9.17, 15) is 0 Å². The van der Waals surface area contributed by atoms with E-state index in [0.29, 0.717) is 11.5 Å². The number of benzene rings is 1. The summed E-state index contributed by atoms with van der Waals surface area (Å²) in [5.74, 6) is 0.740. The van der Waals surface area contributed by atoms with Gasteiger partial charge in [0, 0.05) is 9.61 Å². The highest BCUT2D eigenvalue weighted by Gasteiger charge is 2.52. The van der Waals surface area contributed by atoms with Gasteiger partial charge in [0.1, 0.15) is 0 Å². The standard InChI is InChI=1S/C16H24IN/c1-4-16(5-2)13(11-15(16)18-6-3)12-9-7-8-10-14(12)17/h7-10,13,15,18H,4-6,11H2,1-3H3. The number of hydrogen-bond acceptors (Lipinski definition) is 1. The minimum Gasteiger partial charge on any atom is -0.314 e. The van der Waals surface area contributed by atoms with Crippen LogP contribution in [0.25, 0.3) is 0 Å². The molecule has 0 radical (unpaired) electrons. The zero-order valence-electron chi connectivity index (χ0n) is 11.7. The summed E-state index contributed by atoms with van der Waals surface area (Å²) in [5.41, 5.74) is 2.04. The van der Waals surface area contributed by atoms with Gasteiger partial charge < -0.3 is 5.32 Å². The first-order chi connectivity index (χ1) is 8.69. The molecule has 0 aliphatic heterocycles. The van der Waals surface area contributed by atoms with Gasteiger partial charge in [0.15, 0.2) is 0 Å². The highest BCUT2D eigenvalue weighted by Crippen LogP contribution is 2.57. The number of halogens is 1. The second kappa shape index (κ2) is 5.91. The molecule has 2 rings (SSSR count). The maximum Gasteiger partial charge on any atom is 0.0165 e. The Morgan fingerprint density at radius 2 is 1.89 bits per heavy atom. The maximum absolute atomic E-state index is 3.69. The Morgan fingerprint density at radius 3 is 2.44 bits per heavy atom. The van der Waals surface area contributed by atoms with E-state index < -0.39 is 0 Å². The minimum atomic E-state index is 0.470. The van der Waals surface area contributed by atoms with Crippen LogP contribution in [-0.2, 0) is 0 Å². The minimum absolute atomic E-state index is 0.470. The zero-order chi connectivity index (χ0) is 13.2. The first-order valence-corrected chi connectivity index (χ1v) is 8.25. The van der Waals surface area contributed by atoms with Crippen molar-refractivity contribution in [1.82, 2.24) is 5.32 Å². The molecule has 1 aromatic rings. The van der Waals surface area contributed by atoms with Crippen molar-refractivity contribution < 1.29 is 0 Å². The Hall–Kier alpha value is -0.0900. The molecule has 0 spiro atoms. The highest BCUT2D eigenvalue weighted by molar-refractivity contribution is 14.1. The van der Waals surface area contributed by atoms with Crippen LogP contribution in [0.3, 0.4) is 0 Å². The van der Waals surface area contributed by atoms with Crippen LogP contribution in [0.5, 0.6) is 0 Å². The summed E-state index contributed by atoms with van der Waals surface area (Å²) in [6.07, 6.45) is 3.85. The van der Waals surface area contributed by atoms with Crippen molar-refractivity contribution in [2.75, 3.05) is 6.54 Å². The molecule has 1 fully saturated rings. The van der Waals surface area contributed by atoms with Crippen molar-refractivity contribution in [2.24, 2.45) is 5.41 Å². The zero-order valence-corrected chi connectivity index (χ0v) is 13.8. The molecule has 2 heteroatoms. The fourth-order valence-corrected chi connectivity index (χ4v) is 4.51. The van der Waals surface area contributed by atoms with Gasteiger partial charge in [-0.15, -0.1) is 0 Å². The van der Waals surface area contributed by atoms with Crippen molar-refractivity contribution in [3.63, 3.8) is 0 Å². The predicted octanol–water partition coefficient (Wildman–Crippen LogP) is 4.56. The molecule has 0 heterocycles. The lowest BCUT2D eigenvalue weighted by molar-refractivity contribution is 0.0206. The maximum atomic E-state index is 3.69. The number of hydrogen-bond donors (Lipinski definition) is 1. The second-order valence-electron chi connectivity index (χ2n) is 5.36. The quantitative estimate of drug-likeness (QED) is 0.762. The van der Waals surface area contributed by atoms with E-state index in [0.717, 1.165) is 12.5 Å². The third kappa shape index (κ3) is 2.22. The van der Waals surface area contributed by atoms with E-state index in [-0.39, 0.29) is 0 Å². The number of nitrogens with one attached hydrogen (secondary N) is 1. The van der Waals surface area contributed by atoms with Crippen LogP contribution in [0.4, 0.5) is 0 Å². The summed E-state index contributed by atoms with van der Waals surface area (Å²) < 4.78 is 1.43. The average Bonchev–Trinajstić information content (AvgIpc) is 2.37. The van der Waals surface area contributed by atoms with Crippen molar-refractivity contribution in [2.45, 2.75) is 52.0 Å². The molecule has 0 amide bonds. The van der Waals surface area contributed by atoms with Crippen molar-refractivity contribution in [3.8, 4) is 0 Å². The lowest BCUT2D eigenvalue weighted by Crippen LogP contribution is -2.58. The summed E-state index contributed by atoms with van der Waals surface area (Å²) in [6.45, 7) is 8.02. The average molecular weight is 357 g/mol. The molecule has 1 aromatic carbocycles. The predicted molar refractivity (Wildman–Crippen MR) is 87.0 cm³/mol. The van der Waals surface area contributed by atoms with Gasteiger partial charge >= 0.3 is 0 Å². The van der Waals surface area contributed by atoms with Crippen molar-refractivity contribution in [3.05, 3.63) is 33.4 Å². The van der Waals surface area contributed by atoms with Gasteiger partial charge in [-0.1, -0.05) is 39.0 Å². The summed E-state index contributed by atoms with van der Waals surface area (Å²) in [5, 5.41) is 3.69. The second-order valence-corrected chi connectivity index (χ2v) is 6.52. The molecule has 1 aliphatic rings. The van der Waals surface area contributed by atoms with Crippen molar-refractivity contribution >= 4 is 22.6 Å². The first-order valence-electron chi connectivity index (χ1n) is 7.17. The molecule has 1 N–H and O–H groups in total. The van der Waals surface area contributed by atoms with E-state index in [1.807, 2.05) is 0 Å². The molecule has 2 atom stereocenters. The van der Waals surface area contributed by atoms with Gasteiger partial charge in [-0.2, -0.15) is 0 Å².